The van der Waals surface area contributed by atoms with Crippen LogP contribution in [0.2, 0.25) is 0 Å². The molecule has 0 saturated heterocycles. The first-order chi connectivity index (χ1) is 8.65. The third kappa shape index (κ3) is 2.30. The summed E-state index contributed by atoms with van der Waals surface area (Å²) in [6.07, 6.45) is 0.527. The molecule has 1 aromatic carbocycles. The maximum atomic E-state index is 11.6. The number of ketones is 1. The van der Waals surface area contributed by atoms with Gasteiger partial charge in [-0.3, -0.25) is 4.79 Å². The molecule has 0 fully saturated rings. The van der Waals surface area contributed by atoms with Gasteiger partial charge in [0.05, 0.1) is 4.88 Å². The van der Waals surface area contributed by atoms with Crippen molar-refractivity contribution in [3.63, 3.8) is 0 Å². The number of thiophene rings is 1. The molecule has 0 aliphatic carbocycles. The molecule has 18 heavy (non-hydrogen) atoms. The van der Waals surface area contributed by atoms with Crippen molar-refractivity contribution in [2.24, 2.45) is 0 Å². The van der Waals surface area contributed by atoms with Crippen molar-refractivity contribution in [1.82, 2.24) is 0 Å². The molecule has 3 nitrogen and oxygen atoms in total. The number of hydrogen-bond donors (Lipinski definition) is 2. The Morgan fingerprint density at radius 3 is 2.78 bits per heavy atom. The summed E-state index contributed by atoms with van der Waals surface area (Å²) in [4.78, 5) is 12.3. The minimum absolute atomic E-state index is 0.0481. The quantitative estimate of drug-likeness (QED) is 0.657. The molecule has 2 rings (SSSR count). The SMILES string of the molecule is CC(=O)c1sccc1-c1cccc(CCO)c1N. The van der Waals surface area contributed by atoms with Gasteiger partial charge in [0.25, 0.3) is 0 Å². The molecule has 0 unspecified atom stereocenters. The molecule has 94 valence electrons. The Bertz CT molecular complexity index is 575. The van der Waals surface area contributed by atoms with E-state index in [1.54, 1.807) is 6.92 Å². The number of nitrogen functional groups attached to an aromatic ring is 1. The minimum Gasteiger partial charge on any atom is -0.398 e. The van der Waals surface area contributed by atoms with Crippen molar-refractivity contribution >= 4 is 22.8 Å². The zero-order valence-corrected chi connectivity index (χ0v) is 11.0. The van der Waals surface area contributed by atoms with Gasteiger partial charge in [-0.25, -0.2) is 0 Å². The van der Waals surface area contributed by atoms with Crippen LogP contribution in [0.5, 0.6) is 0 Å². The lowest BCUT2D eigenvalue weighted by molar-refractivity contribution is 0.102. The molecular formula is C14H15NO2S. The number of anilines is 1. The third-order valence-electron chi connectivity index (χ3n) is 2.85. The molecule has 4 heteroatoms. The van der Waals surface area contributed by atoms with Crippen molar-refractivity contribution in [2.45, 2.75) is 13.3 Å². The van der Waals surface area contributed by atoms with Crippen LogP contribution in [0.25, 0.3) is 11.1 Å². The van der Waals surface area contributed by atoms with E-state index in [1.165, 1.54) is 11.3 Å². The summed E-state index contributed by atoms with van der Waals surface area (Å²) in [5, 5.41) is 10.9. The summed E-state index contributed by atoms with van der Waals surface area (Å²) in [5.41, 5.74) is 9.42. The molecule has 0 amide bonds. The molecule has 0 atom stereocenters. The Labute approximate surface area is 110 Å². The highest BCUT2D eigenvalue weighted by Crippen LogP contribution is 2.34. The second kappa shape index (κ2) is 5.33. The molecule has 1 aromatic heterocycles. The molecule has 0 bridgehead atoms. The van der Waals surface area contributed by atoms with Gasteiger partial charge in [-0.1, -0.05) is 18.2 Å². The van der Waals surface area contributed by atoms with Crippen LogP contribution in [0.1, 0.15) is 22.2 Å². The van der Waals surface area contributed by atoms with Gasteiger partial charge >= 0.3 is 0 Å². The van der Waals surface area contributed by atoms with Crippen LogP contribution in [0.3, 0.4) is 0 Å². The number of aliphatic hydroxyl groups excluding tert-OH is 1. The largest absolute Gasteiger partial charge is 0.398 e. The fourth-order valence-corrected chi connectivity index (χ4v) is 2.79. The van der Waals surface area contributed by atoms with Crippen molar-refractivity contribution in [2.75, 3.05) is 12.3 Å². The van der Waals surface area contributed by atoms with Crippen molar-refractivity contribution in [1.29, 1.82) is 0 Å². The number of hydrogen-bond acceptors (Lipinski definition) is 4. The lowest BCUT2D eigenvalue weighted by Crippen LogP contribution is -2.00. The number of rotatable bonds is 4. The molecule has 0 radical (unpaired) electrons. The monoisotopic (exact) mass is 261 g/mol. The second-order valence-electron chi connectivity index (χ2n) is 4.07. The standard InChI is InChI=1S/C14H15NO2S/c1-9(17)14-12(6-8-18-14)11-4-2-3-10(5-7-16)13(11)15/h2-4,6,8,16H,5,7,15H2,1H3. The van der Waals surface area contributed by atoms with E-state index >= 15 is 0 Å². The van der Waals surface area contributed by atoms with Crippen LogP contribution in [0.15, 0.2) is 29.6 Å². The summed E-state index contributed by atoms with van der Waals surface area (Å²) in [5.74, 6) is 0.0481. The summed E-state index contributed by atoms with van der Waals surface area (Å²) in [7, 11) is 0. The average Bonchev–Trinajstić information content (AvgIpc) is 2.81. The van der Waals surface area contributed by atoms with Crippen LogP contribution < -0.4 is 5.73 Å². The van der Waals surface area contributed by atoms with E-state index < -0.39 is 0 Å². The number of carbonyl (C=O) groups is 1. The highest BCUT2D eigenvalue weighted by atomic mass is 32.1. The number of benzene rings is 1. The van der Waals surface area contributed by atoms with Crippen LogP contribution in [-0.2, 0) is 6.42 Å². The molecule has 0 spiro atoms. The fourth-order valence-electron chi connectivity index (χ4n) is 1.98. The Hall–Kier alpha value is -1.65. The second-order valence-corrected chi connectivity index (χ2v) is 4.99. The molecular weight excluding hydrogens is 246 g/mol. The van der Waals surface area contributed by atoms with E-state index in [2.05, 4.69) is 0 Å². The fraction of sp³-hybridized carbons (Fsp3) is 0.214. The zero-order chi connectivity index (χ0) is 13.1. The lowest BCUT2D eigenvalue weighted by atomic mass is 9.99. The zero-order valence-electron chi connectivity index (χ0n) is 10.1. The molecule has 2 aromatic rings. The minimum atomic E-state index is 0.0481. The molecule has 0 saturated carbocycles. The Balaban J connectivity index is 2.54. The smallest absolute Gasteiger partial charge is 0.170 e. The Morgan fingerprint density at radius 1 is 1.33 bits per heavy atom. The van der Waals surface area contributed by atoms with E-state index in [1.807, 2.05) is 29.6 Å². The number of nitrogens with two attached hydrogens (primary N) is 1. The van der Waals surface area contributed by atoms with Gasteiger partial charge in [-0.05, 0) is 30.4 Å². The number of Topliss-reactive ketones (excluding diaryl/α,β-unsaturated/α-hetero) is 1. The van der Waals surface area contributed by atoms with Gasteiger partial charge in [-0.2, -0.15) is 0 Å². The van der Waals surface area contributed by atoms with Gasteiger partial charge in [-0.15, -0.1) is 11.3 Å². The van der Waals surface area contributed by atoms with E-state index in [4.69, 9.17) is 10.8 Å². The van der Waals surface area contributed by atoms with Crippen molar-refractivity contribution < 1.29 is 9.90 Å². The van der Waals surface area contributed by atoms with Crippen LogP contribution in [-0.4, -0.2) is 17.5 Å². The van der Waals surface area contributed by atoms with Crippen LogP contribution in [0, 0.1) is 0 Å². The summed E-state index contributed by atoms with van der Waals surface area (Å²) in [6.45, 7) is 1.62. The summed E-state index contributed by atoms with van der Waals surface area (Å²) >= 11 is 1.43. The van der Waals surface area contributed by atoms with Gasteiger partial charge in [0.2, 0.25) is 0 Å². The predicted molar refractivity (Wildman–Crippen MR) is 75.0 cm³/mol. The van der Waals surface area contributed by atoms with E-state index in [0.717, 1.165) is 21.6 Å². The Kier molecular flexibility index (Phi) is 3.79. The molecule has 1 heterocycles. The topological polar surface area (TPSA) is 63.3 Å². The van der Waals surface area contributed by atoms with Crippen molar-refractivity contribution in [3.8, 4) is 11.1 Å². The first-order valence-electron chi connectivity index (χ1n) is 5.72. The summed E-state index contributed by atoms with van der Waals surface area (Å²) < 4.78 is 0. The number of aliphatic hydroxyl groups is 1. The van der Waals surface area contributed by atoms with Crippen LogP contribution >= 0.6 is 11.3 Å². The van der Waals surface area contributed by atoms with Crippen molar-refractivity contribution in [3.05, 3.63) is 40.1 Å². The Morgan fingerprint density at radius 2 is 2.11 bits per heavy atom. The van der Waals surface area contributed by atoms with Gasteiger partial charge in [0, 0.05) is 23.4 Å². The predicted octanol–water partition coefficient (Wildman–Crippen LogP) is 2.73. The maximum absolute atomic E-state index is 11.6. The lowest BCUT2D eigenvalue weighted by Gasteiger charge is -2.10. The normalized spacial score (nSPS) is 10.6. The molecule has 0 aliphatic heterocycles. The molecule has 0 aliphatic rings. The van der Waals surface area contributed by atoms with Gasteiger partial charge in [0.1, 0.15) is 0 Å². The molecule has 3 N–H and O–H groups in total. The van der Waals surface area contributed by atoms with Crippen LogP contribution in [0.4, 0.5) is 5.69 Å². The third-order valence-corrected chi connectivity index (χ3v) is 3.87. The van der Waals surface area contributed by atoms with E-state index in [-0.39, 0.29) is 12.4 Å². The first kappa shape index (κ1) is 12.8. The van der Waals surface area contributed by atoms with Gasteiger partial charge < -0.3 is 10.8 Å². The highest BCUT2D eigenvalue weighted by Gasteiger charge is 2.14. The maximum Gasteiger partial charge on any atom is 0.170 e. The van der Waals surface area contributed by atoms with E-state index in [0.29, 0.717) is 12.1 Å². The van der Waals surface area contributed by atoms with E-state index in [9.17, 15) is 4.79 Å². The number of carbonyl (C=O) groups excluding carboxylic acids is 1. The highest BCUT2D eigenvalue weighted by molar-refractivity contribution is 7.12. The summed E-state index contributed by atoms with van der Waals surface area (Å²) in [6, 6.07) is 7.62. The van der Waals surface area contributed by atoms with Gasteiger partial charge in [0.15, 0.2) is 5.78 Å². The average molecular weight is 261 g/mol. The first-order valence-corrected chi connectivity index (χ1v) is 6.60. The number of para-hydroxylation sites is 1.